The molecule has 0 bridgehead atoms. The summed E-state index contributed by atoms with van der Waals surface area (Å²) in [5, 5.41) is 0. The first-order valence-corrected chi connectivity index (χ1v) is 5.81. The molecule has 0 aromatic carbocycles. The summed E-state index contributed by atoms with van der Waals surface area (Å²) in [6.45, 7) is 4.14. The Morgan fingerprint density at radius 3 is 2.80 bits per heavy atom. The number of rotatable bonds is 5. The first-order valence-electron chi connectivity index (χ1n) is 5.81. The number of hydrogen-bond donors (Lipinski definition) is 1. The van der Waals surface area contributed by atoms with Crippen molar-refractivity contribution in [3.05, 3.63) is 0 Å². The Bertz CT molecular complexity index is 178. The van der Waals surface area contributed by atoms with Crippen LogP contribution >= 0.6 is 0 Å². The summed E-state index contributed by atoms with van der Waals surface area (Å²) in [5.74, 6) is -1.91. The van der Waals surface area contributed by atoms with Crippen molar-refractivity contribution in [2.24, 2.45) is 11.7 Å². The fraction of sp³-hybridized carbons (Fsp3) is 1.00. The van der Waals surface area contributed by atoms with Gasteiger partial charge in [0.2, 0.25) is 5.92 Å². The molecule has 0 aromatic heterocycles. The van der Waals surface area contributed by atoms with Gasteiger partial charge in [-0.1, -0.05) is 0 Å². The minimum absolute atomic E-state index is 0.0255. The van der Waals surface area contributed by atoms with Crippen LogP contribution in [0.15, 0.2) is 0 Å². The van der Waals surface area contributed by atoms with Crippen molar-refractivity contribution < 1.29 is 8.78 Å². The number of alkyl halides is 2. The van der Waals surface area contributed by atoms with E-state index in [4.69, 9.17) is 5.73 Å². The van der Waals surface area contributed by atoms with Gasteiger partial charge in [-0.15, -0.1) is 0 Å². The van der Waals surface area contributed by atoms with E-state index in [-0.39, 0.29) is 6.42 Å². The zero-order chi connectivity index (χ0) is 11.3. The predicted molar refractivity (Wildman–Crippen MR) is 58.1 cm³/mol. The summed E-state index contributed by atoms with van der Waals surface area (Å²) in [4.78, 5) is 2.15. The maximum Gasteiger partial charge on any atom is 0.246 e. The van der Waals surface area contributed by atoms with Crippen LogP contribution in [0.3, 0.4) is 0 Å². The highest BCUT2D eigenvalue weighted by molar-refractivity contribution is 4.74. The van der Waals surface area contributed by atoms with Gasteiger partial charge in [0.1, 0.15) is 0 Å². The third-order valence-electron chi connectivity index (χ3n) is 3.05. The van der Waals surface area contributed by atoms with Gasteiger partial charge in [-0.2, -0.15) is 0 Å². The molecule has 1 heterocycles. The van der Waals surface area contributed by atoms with Crippen molar-refractivity contribution in [3.8, 4) is 0 Å². The predicted octanol–water partition coefficient (Wildman–Crippen LogP) is 2.09. The second kappa shape index (κ2) is 5.75. The molecule has 0 aromatic rings. The van der Waals surface area contributed by atoms with Gasteiger partial charge in [-0.05, 0) is 45.2 Å². The van der Waals surface area contributed by atoms with Crippen LogP contribution in [0.1, 0.15) is 32.6 Å². The minimum atomic E-state index is -2.53. The average molecular weight is 220 g/mol. The molecule has 15 heavy (non-hydrogen) atoms. The first-order chi connectivity index (χ1) is 7.01. The van der Waals surface area contributed by atoms with Gasteiger partial charge in [-0.25, -0.2) is 8.78 Å². The number of halogens is 2. The van der Waals surface area contributed by atoms with Gasteiger partial charge in [0.25, 0.3) is 0 Å². The van der Waals surface area contributed by atoms with E-state index < -0.39 is 5.92 Å². The summed E-state index contributed by atoms with van der Waals surface area (Å²) >= 11 is 0. The number of nitrogens with two attached hydrogens (primary N) is 1. The summed E-state index contributed by atoms with van der Waals surface area (Å²) in [6.07, 6.45) is 3.33. The minimum Gasteiger partial charge on any atom is -0.330 e. The monoisotopic (exact) mass is 220 g/mol. The molecule has 4 heteroatoms. The summed E-state index contributed by atoms with van der Waals surface area (Å²) in [5.41, 5.74) is 5.51. The Balaban J connectivity index is 2.24. The SMILES string of the molecule is CC(F)(F)CCN1CCCC(CCN)C1. The average Bonchev–Trinajstić information content (AvgIpc) is 2.15. The molecule has 0 radical (unpaired) electrons. The van der Waals surface area contributed by atoms with Crippen LogP contribution in [0.2, 0.25) is 0 Å². The largest absolute Gasteiger partial charge is 0.330 e. The first kappa shape index (κ1) is 12.8. The number of likely N-dealkylation sites (tertiary alicyclic amines) is 1. The Kier molecular flexibility index (Phi) is 4.93. The van der Waals surface area contributed by atoms with Crippen LogP contribution in [0.4, 0.5) is 8.78 Å². The fourth-order valence-corrected chi connectivity index (χ4v) is 2.18. The standard InChI is InChI=1S/C11H22F2N2/c1-11(12,13)5-8-15-7-2-3-10(9-15)4-6-14/h10H,2-9,14H2,1H3. The smallest absolute Gasteiger partial charge is 0.246 e. The molecule has 2 N–H and O–H groups in total. The zero-order valence-electron chi connectivity index (χ0n) is 9.51. The van der Waals surface area contributed by atoms with Gasteiger partial charge in [0.05, 0.1) is 0 Å². The lowest BCUT2D eigenvalue weighted by Gasteiger charge is -2.33. The third-order valence-corrected chi connectivity index (χ3v) is 3.05. The highest BCUT2D eigenvalue weighted by Gasteiger charge is 2.24. The third kappa shape index (κ3) is 5.42. The number of piperidine rings is 1. The summed E-state index contributed by atoms with van der Waals surface area (Å²) in [7, 11) is 0. The van der Waals surface area contributed by atoms with Crippen molar-refractivity contribution in [1.82, 2.24) is 4.90 Å². The number of nitrogens with zero attached hydrogens (tertiary/aromatic N) is 1. The molecule has 90 valence electrons. The van der Waals surface area contributed by atoms with Gasteiger partial charge < -0.3 is 10.6 Å². The van der Waals surface area contributed by atoms with Crippen molar-refractivity contribution in [1.29, 1.82) is 0 Å². The Morgan fingerprint density at radius 1 is 1.47 bits per heavy atom. The van der Waals surface area contributed by atoms with Crippen molar-refractivity contribution in [2.45, 2.75) is 38.5 Å². The quantitative estimate of drug-likeness (QED) is 0.768. The van der Waals surface area contributed by atoms with Crippen LogP contribution in [0.25, 0.3) is 0 Å². The molecule has 2 nitrogen and oxygen atoms in total. The summed E-state index contributed by atoms with van der Waals surface area (Å²) < 4.78 is 25.4. The van der Waals surface area contributed by atoms with E-state index >= 15 is 0 Å². The van der Waals surface area contributed by atoms with E-state index in [0.29, 0.717) is 19.0 Å². The zero-order valence-corrected chi connectivity index (χ0v) is 9.51. The summed E-state index contributed by atoms with van der Waals surface area (Å²) in [6, 6.07) is 0. The number of hydrogen-bond acceptors (Lipinski definition) is 2. The Labute approximate surface area is 90.8 Å². The van der Waals surface area contributed by atoms with Crippen LogP contribution in [-0.4, -0.2) is 37.0 Å². The molecule has 0 spiro atoms. The lowest BCUT2D eigenvalue weighted by Crippen LogP contribution is -2.38. The second-order valence-electron chi connectivity index (χ2n) is 4.71. The molecule has 0 aliphatic carbocycles. The molecule has 1 aliphatic rings. The van der Waals surface area contributed by atoms with Gasteiger partial charge in [0, 0.05) is 19.5 Å². The molecule has 1 fully saturated rings. The highest BCUT2D eigenvalue weighted by atomic mass is 19.3. The van der Waals surface area contributed by atoms with Crippen molar-refractivity contribution in [2.75, 3.05) is 26.2 Å². The van der Waals surface area contributed by atoms with Crippen molar-refractivity contribution in [3.63, 3.8) is 0 Å². The van der Waals surface area contributed by atoms with Crippen LogP contribution in [-0.2, 0) is 0 Å². The van der Waals surface area contributed by atoms with Crippen LogP contribution < -0.4 is 5.73 Å². The van der Waals surface area contributed by atoms with E-state index in [9.17, 15) is 8.78 Å². The van der Waals surface area contributed by atoms with Crippen LogP contribution in [0, 0.1) is 5.92 Å². The molecular formula is C11H22F2N2. The molecule has 1 rings (SSSR count). The molecule has 0 saturated carbocycles. The maximum atomic E-state index is 12.7. The molecular weight excluding hydrogens is 198 g/mol. The molecule has 1 saturated heterocycles. The normalized spacial score (nSPS) is 24.4. The van der Waals surface area contributed by atoms with E-state index in [1.165, 1.54) is 6.42 Å². The van der Waals surface area contributed by atoms with Crippen molar-refractivity contribution >= 4 is 0 Å². The Hall–Kier alpha value is -0.220. The lowest BCUT2D eigenvalue weighted by atomic mass is 9.94. The topological polar surface area (TPSA) is 29.3 Å². The van der Waals surface area contributed by atoms with Gasteiger partial charge >= 0.3 is 0 Å². The second-order valence-corrected chi connectivity index (χ2v) is 4.71. The van der Waals surface area contributed by atoms with Gasteiger partial charge in [-0.3, -0.25) is 0 Å². The Morgan fingerprint density at radius 2 is 2.20 bits per heavy atom. The molecule has 1 atom stereocenters. The van der Waals surface area contributed by atoms with E-state index in [2.05, 4.69) is 4.90 Å². The van der Waals surface area contributed by atoms with Crippen LogP contribution in [0.5, 0.6) is 0 Å². The van der Waals surface area contributed by atoms with E-state index in [1.54, 1.807) is 0 Å². The maximum absolute atomic E-state index is 12.7. The van der Waals surface area contributed by atoms with E-state index in [1.807, 2.05) is 0 Å². The highest BCUT2D eigenvalue weighted by Crippen LogP contribution is 2.22. The fourth-order valence-electron chi connectivity index (χ4n) is 2.18. The molecule has 0 amide bonds. The molecule has 1 aliphatic heterocycles. The lowest BCUT2D eigenvalue weighted by molar-refractivity contribution is -0.000739. The van der Waals surface area contributed by atoms with Gasteiger partial charge in [0.15, 0.2) is 0 Å². The van der Waals surface area contributed by atoms with E-state index in [0.717, 1.165) is 32.9 Å². The molecule has 1 unspecified atom stereocenters.